The molecule has 0 saturated carbocycles. The number of carboxylic acid groups (broad SMARTS) is 2. The molecule has 0 spiro atoms. The Kier molecular flexibility index (Phi) is 12.4. The Labute approximate surface area is 308 Å². The van der Waals surface area contributed by atoms with Crippen molar-refractivity contribution >= 4 is 64.2 Å². The second kappa shape index (κ2) is 16.0. The van der Waals surface area contributed by atoms with E-state index in [1.165, 1.54) is 28.0 Å². The summed E-state index contributed by atoms with van der Waals surface area (Å²) < 4.78 is 18.7. The monoisotopic (exact) mass is 762 g/mol. The first-order valence-electron chi connectivity index (χ1n) is 16.0. The largest absolute Gasteiger partial charge is 0.611 e. The summed E-state index contributed by atoms with van der Waals surface area (Å²) in [5, 5.41) is 26.4. The molecule has 2 aromatic carbocycles. The van der Waals surface area contributed by atoms with Crippen molar-refractivity contribution in [2.45, 2.75) is 63.0 Å². The van der Waals surface area contributed by atoms with E-state index >= 15 is 0 Å². The average Bonchev–Trinajstić information content (AvgIpc) is 3.03. The molecule has 0 bridgehead atoms. The summed E-state index contributed by atoms with van der Waals surface area (Å²) in [6, 6.07) is 12.7. The first-order chi connectivity index (χ1) is 23.8. The highest BCUT2D eigenvalue weighted by molar-refractivity contribution is 7.91. The van der Waals surface area contributed by atoms with E-state index in [-0.39, 0.29) is 64.8 Å². The Morgan fingerprint density at radius 1 is 0.863 bits per heavy atom. The van der Waals surface area contributed by atoms with Crippen LogP contribution in [0.2, 0.25) is 10.0 Å². The molecule has 4 N–H and O–H groups in total. The number of carbonyl (C=O) groups excluding carboxylic acids is 3. The van der Waals surface area contributed by atoms with Crippen LogP contribution in [0.1, 0.15) is 52.5 Å². The van der Waals surface area contributed by atoms with Gasteiger partial charge in [0.1, 0.15) is 11.1 Å². The molecule has 4 rings (SSSR count). The van der Waals surface area contributed by atoms with Gasteiger partial charge < -0.3 is 39.9 Å². The second-order valence-corrected chi connectivity index (χ2v) is 15.8. The summed E-state index contributed by atoms with van der Waals surface area (Å²) in [4.78, 5) is 68.7. The van der Waals surface area contributed by atoms with Crippen LogP contribution in [0.3, 0.4) is 0 Å². The fourth-order valence-electron chi connectivity index (χ4n) is 5.86. The number of dihydropyridines is 1. The number of carbonyl (C=O) groups is 5. The van der Waals surface area contributed by atoms with Crippen LogP contribution in [0.25, 0.3) is 0 Å². The van der Waals surface area contributed by atoms with Gasteiger partial charge in [0.15, 0.2) is 10.6 Å². The number of ether oxygens (including phenoxy) is 1. The minimum absolute atomic E-state index is 0.00554. The van der Waals surface area contributed by atoms with Crippen LogP contribution < -0.4 is 10.6 Å². The van der Waals surface area contributed by atoms with E-state index in [0.29, 0.717) is 4.90 Å². The molecule has 16 heteroatoms. The zero-order valence-corrected chi connectivity index (χ0v) is 31.1. The van der Waals surface area contributed by atoms with E-state index in [4.69, 9.17) is 27.9 Å². The first-order valence-corrected chi connectivity index (χ1v) is 18.0. The van der Waals surface area contributed by atoms with E-state index in [1.807, 2.05) is 0 Å². The molecule has 3 amide bonds. The van der Waals surface area contributed by atoms with Gasteiger partial charge in [0.25, 0.3) is 0 Å². The molecule has 2 atom stereocenters. The van der Waals surface area contributed by atoms with Crippen LogP contribution in [0.4, 0.5) is 4.79 Å². The summed E-state index contributed by atoms with van der Waals surface area (Å²) in [5.41, 5.74) is -3.09. The van der Waals surface area contributed by atoms with Gasteiger partial charge in [0, 0.05) is 47.5 Å². The lowest BCUT2D eigenvalue weighted by Gasteiger charge is -2.39. The molecule has 2 heterocycles. The van der Waals surface area contributed by atoms with Crippen molar-refractivity contribution in [3.05, 3.63) is 86.7 Å². The third-order valence-electron chi connectivity index (χ3n) is 8.16. The SMILES string of the molecule is CC(C)(C)OC(=O)NC(C)(C)C(=O)N1CCN(C(=O)CC2=C(C(=O)O)C(c3c(Cl)cccc3Cl)C(C(=O)O)=C(C[S@+]([O-])c3ccccc3)N2)CC1. The number of halogens is 2. The van der Waals surface area contributed by atoms with Crippen LogP contribution in [0.5, 0.6) is 0 Å². The van der Waals surface area contributed by atoms with E-state index < -0.39 is 69.7 Å². The van der Waals surface area contributed by atoms with E-state index in [1.54, 1.807) is 65.0 Å². The number of piperazine rings is 1. The number of aliphatic carboxylic acids is 2. The van der Waals surface area contributed by atoms with Gasteiger partial charge in [-0.25, -0.2) is 14.4 Å². The van der Waals surface area contributed by atoms with Crippen LogP contribution in [-0.4, -0.2) is 97.5 Å². The lowest BCUT2D eigenvalue weighted by Crippen LogP contribution is -2.60. The molecular formula is C35H40Cl2N4O9S. The number of amides is 3. The molecule has 2 aliphatic heterocycles. The fourth-order valence-corrected chi connectivity index (χ4v) is 7.59. The van der Waals surface area contributed by atoms with E-state index in [0.717, 1.165) is 0 Å². The molecular weight excluding hydrogens is 723 g/mol. The predicted molar refractivity (Wildman–Crippen MR) is 191 cm³/mol. The van der Waals surface area contributed by atoms with E-state index in [9.17, 15) is 38.7 Å². The standard InChI is InChI=1S/C35H40Cl2N4O9S/c1-34(2,3)50-33(48)39-35(4,5)32(47)41-16-14-40(15-17-41)25(42)18-23-27(30(43)44)29(26-21(36)12-9-13-22(26)37)28(31(45)46)24(38-23)19-51(49)20-10-7-6-8-11-20/h6-13,29,38H,14-19H2,1-5H3,(H,39,48)(H,43,44)(H,45,46)/t29?,51-/m0/s1. The van der Waals surface area contributed by atoms with Gasteiger partial charge in [-0.2, -0.15) is 0 Å². The highest BCUT2D eigenvalue weighted by Crippen LogP contribution is 2.45. The van der Waals surface area contributed by atoms with Gasteiger partial charge >= 0.3 is 18.0 Å². The van der Waals surface area contributed by atoms with Crippen molar-refractivity contribution in [1.29, 1.82) is 0 Å². The molecule has 0 aliphatic carbocycles. The van der Waals surface area contributed by atoms with Gasteiger partial charge in [-0.3, -0.25) is 9.59 Å². The molecule has 13 nitrogen and oxygen atoms in total. The maximum absolute atomic E-state index is 13.8. The normalized spacial score (nSPS) is 17.5. The molecule has 274 valence electrons. The molecule has 51 heavy (non-hydrogen) atoms. The molecule has 1 saturated heterocycles. The summed E-state index contributed by atoms with van der Waals surface area (Å²) >= 11 is 11.3. The number of nitrogens with zero attached hydrogens (tertiary/aromatic N) is 2. The van der Waals surface area contributed by atoms with Gasteiger partial charge in [-0.1, -0.05) is 47.5 Å². The van der Waals surface area contributed by atoms with Crippen LogP contribution in [0.15, 0.2) is 76.0 Å². The second-order valence-electron chi connectivity index (χ2n) is 13.5. The number of nitrogens with one attached hydrogen (secondary N) is 2. The molecule has 1 unspecified atom stereocenters. The van der Waals surface area contributed by atoms with Crippen molar-refractivity contribution in [3.8, 4) is 0 Å². The molecule has 0 aromatic heterocycles. The highest BCUT2D eigenvalue weighted by Gasteiger charge is 2.43. The fraction of sp³-hybridized carbons (Fsp3) is 0.400. The third kappa shape index (κ3) is 9.56. The Bertz CT molecular complexity index is 1750. The lowest BCUT2D eigenvalue weighted by atomic mass is 9.79. The number of benzene rings is 2. The maximum Gasteiger partial charge on any atom is 0.408 e. The maximum atomic E-state index is 13.8. The van der Waals surface area contributed by atoms with Crippen LogP contribution >= 0.6 is 23.2 Å². The Morgan fingerprint density at radius 3 is 1.92 bits per heavy atom. The zero-order valence-electron chi connectivity index (χ0n) is 28.7. The summed E-state index contributed by atoms with van der Waals surface area (Å²) in [6.45, 7) is 8.67. The quantitative estimate of drug-likeness (QED) is 0.251. The summed E-state index contributed by atoms with van der Waals surface area (Å²) in [5.74, 6) is -5.75. The van der Waals surface area contributed by atoms with E-state index in [2.05, 4.69) is 10.6 Å². The topological polar surface area (TPSA) is 189 Å². The summed E-state index contributed by atoms with van der Waals surface area (Å²) in [7, 11) is 0. The molecule has 2 aliphatic rings. The average molecular weight is 764 g/mol. The minimum Gasteiger partial charge on any atom is -0.611 e. The highest BCUT2D eigenvalue weighted by atomic mass is 35.5. The predicted octanol–water partition coefficient (Wildman–Crippen LogP) is 4.53. The number of hydrogen-bond donors (Lipinski definition) is 4. The number of alkyl carbamates (subject to hydrolysis) is 1. The van der Waals surface area contributed by atoms with Crippen molar-refractivity contribution in [2.24, 2.45) is 0 Å². The van der Waals surface area contributed by atoms with Gasteiger partial charge in [-0.05, 0) is 70.1 Å². The Morgan fingerprint density at radius 2 is 1.39 bits per heavy atom. The molecule has 2 aromatic rings. The van der Waals surface area contributed by atoms with Gasteiger partial charge in [-0.15, -0.1) is 0 Å². The molecule has 0 radical (unpaired) electrons. The smallest absolute Gasteiger partial charge is 0.408 e. The zero-order chi connectivity index (χ0) is 37.8. The van der Waals surface area contributed by atoms with Crippen molar-refractivity contribution < 1.29 is 43.5 Å². The van der Waals surface area contributed by atoms with Crippen molar-refractivity contribution in [1.82, 2.24) is 20.4 Å². The number of hydrogen-bond acceptors (Lipinski definition) is 8. The lowest BCUT2D eigenvalue weighted by molar-refractivity contribution is -0.143. The summed E-state index contributed by atoms with van der Waals surface area (Å²) in [6.07, 6.45) is -1.24. The van der Waals surface area contributed by atoms with Crippen LogP contribution in [-0.2, 0) is 35.1 Å². The first kappa shape index (κ1) is 39.5. The Balaban J connectivity index is 1.62. The van der Waals surface area contributed by atoms with Crippen molar-refractivity contribution in [3.63, 3.8) is 0 Å². The Hall–Kier alpha value is -4.24. The van der Waals surface area contributed by atoms with Crippen LogP contribution in [0, 0.1) is 0 Å². The number of rotatable bonds is 10. The minimum atomic E-state index is -1.77. The van der Waals surface area contributed by atoms with Crippen molar-refractivity contribution in [2.75, 3.05) is 31.9 Å². The molecule has 1 fully saturated rings. The van der Waals surface area contributed by atoms with Gasteiger partial charge in [0.2, 0.25) is 11.8 Å². The third-order valence-corrected chi connectivity index (χ3v) is 10.2. The van der Waals surface area contributed by atoms with Gasteiger partial charge in [0.05, 0.1) is 29.2 Å². The number of carboxylic acids is 2.